The number of hydrogen-bond acceptors (Lipinski definition) is 4. The van der Waals surface area contributed by atoms with Gasteiger partial charge in [-0.1, -0.05) is 45.0 Å². The SMILES string of the molecule is CCC(C)(C)C(=O)C(=O)C1(C(=O)CCCC(c2ccc(F)cc2)c2ccc(F)cc2)CCCN1. The van der Waals surface area contributed by atoms with Crippen LogP contribution >= 0.6 is 0 Å². The summed E-state index contributed by atoms with van der Waals surface area (Å²) in [4.78, 5) is 39.4. The van der Waals surface area contributed by atoms with Crippen molar-refractivity contribution in [2.75, 3.05) is 6.54 Å². The molecular formula is C28H33F2NO3. The van der Waals surface area contributed by atoms with Gasteiger partial charge in [0.2, 0.25) is 11.6 Å². The highest BCUT2D eigenvalue weighted by molar-refractivity contribution is 6.46. The molecular weight excluding hydrogens is 436 g/mol. The van der Waals surface area contributed by atoms with Crippen LogP contribution in [0.25, 0.3) is 0 Å². The van der Waals surface area contributed by atoms with Crippen LogP contribution in [0.1, 0.15) is 76.3 Å². The number of Topliss-reactive ketones (excluding diaryl/α,β-unsaturated/α-hetero) is 3. The highest BCUT2D eigenvalue weighted by Crippen LogP contribution is 2.33. The average molecular weight is 470 g/mol. The van der Waals surface area contributed by atoms with Gasteiger partial charge < -0.3 is 0 Å². The highest BCUT2D eigenvalue weighted by Gasteiger charge is 2.51. The fourth-order valence-corrected chi connectivity index (χ4v) is 4.56. The van der Waals surface area contributed by atoms with Crippen molar-refractivity contribution in [3.8, 4) is 0 Å². The fraction of sp³-hybridized carbons (Fsp3) is 0.464. The predicted octanol–water partition coefficient (Wildman–Crippen LogP) is 5.53. The Hall–Kier alpha value is -2.73. The smallest absolute Gasteiger partial charge is 0.226 e. The van der Waals surface area contributed by atoms with Crippen molar-refractivity contribution in [1.82, 2.24) is 5.32 Å². The van der Waals surface area contributed by atoms with E-state index in [1.807, 2.05) is 6.92 Å². The van der Waals surface area contributed by atoms with Crippen molar-refractivity contribution in [1.29, 1.82) is 0 Å². The summed E-state index contributed by atoms with van der Waals surface area (Å²) in [5.41, 5.74) is -0.523. The lowest BCUT2D eigenvalue weighted by molar-refractivity contribution is -0.148. The molecule has 0 saturated carbocycles. The molecule has 0 aliphatic carbocycles. The first-order valence-electron chi connectivity index (χ1n) is 12.0. The van der Waals surface area contributed by atoms with Gasteiger partial charge in [-0.05, 0) is 74.0 Å². The quantitative estimate of drug-likeness (QED) is 0.347. The standard InChI is InChI=1S/C28H33F2NO3/c1-4-27(2,3)25(33)26(34)28(17-6-18-31-28)24(32)8-5-7-23(19-9-13-21(29)14-10-19)20-11-15-22(30)16-12-20/h9-16,23,31H,4-8,17-18H2,1-3H3. The molecule has 1 unspecified atom stereocenters. The number of ketones is 3. The number of benzene rings is 2. The van der Waals surface area contributed by atoms with E-state index in [0.29, 0.717) is 38.6 Å². The second kappa shape index (κ2) is 10.7. The van der Waals surface area contributed by atoms with Gasteiger partial charge in [0, 0.05) is 17.8 Å². The largest absolute Gasteiger partial charge is 0.298 e. The van der Waals surface area contributed by atoms with Gasteiger partial charge in [0.1, 0.15) is 17.2 Å². The van der Waals surface area contributed by atoms with Gasteiger partial charge in [0.05, 0.1) is 0 Å². The minimum atomic E-state index is -1.44. The van der Waals surface area contributed by atoms with E-state index < -0.39 is 22.5 Å². The molecule has 2 aromatic carbocycles. The Bertz CT molecular complexity index is 977. The molecule has 182 valence electrons. The molecule has 0 radical (unpaired) electrons. The van der Waals surface area contributed by atoms with E-state index in [2.05, 4.69) is 5.32 Å². The van der Waals surface area contributed by atoms with Gasteiger partial charge in [-0.15, -0.1) is 0 Å². The van der Waals surface area contributed by atoms with Crippen LogP contribution in [0.3, 0.4) is 0 Å². The molecule has 3 rings (SSSR count). The number of rotatable bonds is 11. The van der Waals surface area contributed by atoms with E-state index in [4.69, 9.17) is 0 Å². The number of hydrogen-bond donors (Lipinski definition) is 1. The molecule has 34 heavy (non-hydrogen) atoms. The summed E-state index contributed by atoms with van der Waals surface area (Å²) in [5, 5.41) is 3.06. The van der Waals surface area contributed by atoms with Crippen LogP contribution in [0.5, 0.6) is 0 Å². The van der Waals surface area contributed by atoms with Crippen molar-refractivity contribution in [3.63, 3.8) is 0 Å². The summed E-state index contributed by atoms with van der Waals surface area (Å²) >= 11 is 0. The second-order valence-electron chi connectivity index (χ2n) is 9.80. The Morgan fingerprint density at radius 3 is 1.94 bits per heavy atom. The molecule has 1 atom stereocenters. The summed E-state index contributed by atoms with van der Waals surface area (Å²) in [6, 6.07) is 12.3. The molecule has 6 heteroatoms. The summed E-state index contributed by atoms with van der Waals surface area (Å²) in [6.45, 7) is 5.84. The minimum Gasteiger partial charge on any atom is -0.298 e. The Morgan fingerprint density at radius 1 is 0.971 bits per heavy atom. The molecule has 4 nitrogen and oxygen atoms in total. The Morgan fingerprint density at radius 2 is 1.50 bits per heavy atom. The molecule has 2 aromatic rings. The second-order valence-corrected chi connectivity index (χ2v) is 9.80. The first-order chi connectivity index (χ1) is 16.1. The Labute approximate surface area is 200 Å². The summed E-state index contributed by atoms with van der Waals surface area (Å²) in [6.07, 6.45) is 2.67. The van der Waals surface area contributed by atoms with Gasteiger partial charge in [-0.3, -0.25) is 19.7 Å². The summed E-state index contributed by atoms with van der Waals surface area (Å²) in [5.74, 6) is -2.23. The van der Waals surface area contributed by atoms with E-state index in [1.54, 1.807) is 38.1 Å². The van der Waals surface area contributed by atoms with Gasteiger partial charge in [0.25, 0.3) is 0 Å². The first kappa shape index (κ1) is 25.9. The molecule has 1 heterocycles. The van der Waals surface area contributed by atoms with Crippen LogP contribution in [0, 0.1) is 17.0 Å². The normalized spacial score (nSPS) is 18.3. The zero-order valence-corrected chi connectivity index (χ0v) is 20.1. The molecule has 0 spiro atoms. The van der Waals surface area contributed by atoms with E-state index in [-0.39, 0.29) is 29.8 Å². The number of nitrogens with one attached hydrogen (secondary N) is 1. The first-order valence-corrected chi connectivity index (χ1v) is 12.0. The van der Waals surface area contributed by atoms with Gasteiger partial charge in [-0.2, -0.15) is 0 Å². The van der Waals surface area contributed by atoms with Crippen LogP contribution in [0.4, 0.5) is 8.78 Å². The van der Waals surface area contributed by atoms with E-state index in [1.165, 1.54) is 24.3 Å². The van der Waals surface area contributed by atoms with Crippen molar-refractivity contribution in [3.05, 3.63) is 71.3 Å². The van der Waals surface area contributed by atoms with Crippen molar-refractivity contribution in [2.24, 2.45) is 5.41 Å². The lowest BCUT2D eigenvalue weighted by atomic mass is 9.74. The van der Waals surface area contributed by atoms with Gasteiger partial charge in [-0.25, -0.2) is 8.78 Å². The molecule has 1 N–H and O–H groups in total. The third kappa shape index (κ3) is 5.49. The zero-order valence-electron chi connectivity index (χ0n) is 20.1. The third-order valence-corrected chi connectivity index (χ3v) is 7.17. The maximum absolute atomic E-state index is 13.5. The Kier molecular flexibility index (Phi) is 8.13. The molecule has 1 fully saturated rings. The lowest BCUT2D eigenvalue weighted by Gasteiger charge is -2.30. The average Bonchev–Trinajstić information content (AvgIpc) is 3.33. The molecule has 0 bridgehead atoms. The predicted molar refractivity (Wildman–Crippen MR) is 128 cm³/mol. The molecule has 0 amide bonds. The van der Waals surface area contributed by atoms with Crippen molar-refractivity contribution >= 4 is 17.3 Å². The van der Waals surface area contributed by atoms with Crippen LogP contribution in [-0.4, -0.2) is 29.4 Å². The van der Waals surface area contributed by atoms with Gasteiger partial charge >= 0.3 is 0 Å². The number of carbonyl (C=O) groups is 3. The molecule has 1 aliphatic heterocycles. The van der Waals surface area contributed by atoms with Gasteiger partial charge in [0.15, 0.2) is 5.78 Å². The minimum absolute atomic E-state index is 0.136. The topological polar surface area (TPSA) is 63.2 Å². The summed E-state index contributed by atoms with van der Waals surface area (Å²) < 4.78 is 26.9. The van der Waals surface area contributed by atoms with Crippen LogP contribution in [0.15, 0.2) is 48.5 Å². The molecule has 1 aliphatic rings. The van der Waals surface area contributed by atoms with Crippen LogP contribution in [0.2, 0.25) is 0 Å². The van der Waals surface area contributed by atoms with Crippen molar-refractivity contribution < 1.29 is 23.2 Å². The number of halogens is 2. The highest BCUT2D eigenvalue weighted by atomic mass is 19.1. The van der Waals surface area contributed by atoms with E-state index >= 15 is 0 Å². The number of carbonyl (C=O) groups excluding carboxylic acids is 3. The van der Waals surface area contributed by atoms with Crippen molar-refractivity contribution in [2.45, 2.75) is 70.8 Å². The monoisotopic (exact) mass is 469 g/mol. The zero-order chi connectivity index (χ0) is 24.9. The lowest BCUT2D eigenvalue weighted by Crippen LogP contribution is -2.58. The fourth-order valence-electron chi connectivity index (χ4n) is 4.56. The third-order valence-electron chi connectivity index (χ3n) is 7.17. The summed E-state index contributed by atoms with van der Waals surface area (Å²) in [7, 11) is 0. The molecule has 0 aromatic heterocycles. The van der Waals surface area contributed by atoms with Crippen LogP contribution < -0.4 is 5.32 Å². The van der Waals surface area contributed by atoms with E-state index in [9.17, 15) is 23.2 Å². The maximum Gasteiger partial charge on any atom is 0.226 e. The maximum atomic E-state index is 13.5. The van der Waals surface area contributed by atoms with E-state index in [0.717, 1.165) is 11.1 Å². The Balaban J connectivity index is 1.76. The molecule has 1 saturated heterocycles. The van der Waals surface area contributed by atoms with Crippen LogP contribution in [-0.2, 0) is 14.4 Å².